The molecule has 1 heterocycles. The van der Waals surface area contributed by atoms with E-state index in [2.05, 4.69) is 20.5 Å². The third-order valence-corrected chi connectivity index (χ3v) is 4.66. The molecule has 0 spiro atoms. The zero-order valence-electron chi connectivity index (χ0n) is 17.2. The first kappa shape index (κ1) is 26.9. The normalized spacial score (nSPS) is 16.8. The maximum atomic E-state index is 13.3. The molecule has 11 heteroatoms. The van der Waals surface area contributed by atoms with Crippen LogP contribution < -0.4 is 10.6 Å². The Balaban J connectivity index is 0.00000450. The largest absolute Gasteiger partial charge is 0.401 e. The van der Waals surface area contributed by atoms with E-state index in [9.17, 15) is 17.6 Å². The number of hydrogen-bond donors (Lipinski definition) is 2. The lowest BCUT2D eigenvalue weighted by Crippen LogP contribution is -2.47. The molecule has 1 atom stereocenters. The summed E-state index contributed by atoms with van der Waals surface area (Å²) in [5.41, 5.74) is 0.973. The summed E-state index contributed by atoms with van der Waals surface area (Å²) >= 11 is 0. The molecule has 1 aromatic rings. The minimum absolute atomic E-state index is 0. The second kappa shape index (κ2) is 13.3. The van der Waals surface area contributed by atoms with E-state index < -0.39 is 12.7 Å². The predicted molar refractivity (Wildman–Crippen MR) is 120 cm³/mol. The van der Waals surface area contributed by atoms with E-state index in [1.807, 2.05) is 0 Å². The van der Waals surface area contributed by atoms with Gasteiger partial charge in [-0.25, -0.2) is 4.39 Å². The summed E-state index contributed by atoms with van der Waals surface area (Å²) in [5, 5.41) is 6.26. The number of benzene rings is 1. The van der Waals surface area contributed by atoms with E-state index >= 15 is 0 Å². The van der Waals surface area contributed by atoms with Crippen LogP contribution in [0.1, 0.15) is 11.6 Å². The second-order valence-electron chi connectivity index (χ2n) is 6.95. The number of morpholine rings is 1. The Morgan fingerprint density at radius 1 is 1.20 bits per heavy atom. The Kier molecular flexibility index (Phi) is 11.9. The number of nitrogens with zero attached hydrogens (tertiary/aromatic N) is 3. The zero-order chi connectivity index (χ0) is 21.3. The van der Waals surface area contributed by atoms with E-state index in [4.69, 9.17) is 4.74 Å². The SMILES string of the molecule is CN=C(NCCN(C)CC(F)(F)F)NCC(c1ccc(F)cc1)N1CCOCC1.I. The Morgan fingerprint density at radius 2 is 1.83 bits per heavy atom. The smallest absolute Gasteiger partial charge is 0.379 e. The minimum atomic E-state index is -4.21. The number of likely N-dealkylation sites (N-methyl/N-ethyl adjacent to an activating group) is 1. The number of rotatable bonds is 8. The maximum Gasteiger partial charge on any atom is 0.401 e. The van der Waals surface area contributed by atoms with Crippen LogP contribution in [-0.2, 0) is 4.74 Å². The van der Waals surface area contributed by atoms with Gasteiger partial charge in [0.2, 0.25) is 0 Å². The average molecular weight is 547 g/mol. The number of alkyl halides is 3. The Bertz CT molecular complexity index is 639. The quantitative estimate of drug-likeness (QED) is 0.227. The monoisotopic (exact) mass is 547 g/mol. The molecular weight excluding hydrogens is 517 g/mol. The van der Waals surface area contributed by atoms with Crippen molar-refractivity contribution in [1.82, 2.24) is 20.4 Å². The van der Waals surface area contributed by atoms with Crippen molar-refractivity contribution >= 4 is 29.9 Å². The Hall–Kier alpha value is -1.18. The fourth-order valence-electron chi connectivity index (χ4n) is 3.20. The van der Waals surface area contributed by atoms with Gasteiger partial charge in [0.1, 0.15) is 5.82 Å². The Labute approximate surface area is 192 Å². The zero-order valence-corrected chi connectivity index (χ0v) is 19.5. The predicted octanol–water partition coefficient (Wildman–Crippen LogP) is 2.48. The molecule has 0 amide bonds. The van der Waals surface area contributed by atoms with Crippen LogP contribution in [0.5, 0.6) is 0 Å². The molecule has 0 saturated carbocycles. The molecule has 0 radical (unpaired) electrons. The molecule has 0 aromatic heterocycles. The van der Waals surface area contributed by atoms with Crippen LogP contribution in [-0.4, -0.2) is 88.5 Å². The van der Waals surface area contributed by atoms with Gasteiger partial charge in [0.15, 0.2) is 5.96 Å². The summed E-state index contributed by atoms with van der Waals surface area (Å²) in [4.78, 5) is 7.60. The van der Waals surface area contributed by atoms with Gasteiger partial charge in [0, 0.05) is 39.8 Å². The highest BCUT2D eigenvalue weighted by Gasteiger charge is 2.29. The lowest BCUT2D eigenvalue weighted by molar-refractivity contribution is -0.142. The molecule has 0 bridgehead atoms. The van der Waals surface area contributed by atoms with Crippen molar-refractivity contribution < 1.29 is 22.3 Å². The standard InChI is InChI=1S/C19H29F4N5O.HI/c1-24-18(25-7-8-27(2)14-19(21,22)23)26-13-17(28-9-11-29-12-10-28)15-3-5-16(20)6-4-15;/h3-6,17H,7-14H2,1-2H3,(H2,24,25,26);1H. The molecule has 30 heavy (non-hydrogen) atoms. The van der Waals surface area contributed by atoms with Crippen molar-refractivity contribution in [2.24, 2.45) is 4.99 Å². The maximum absolute atomic E-state index is 13.3. The molecule has 1 saturated heterocycles. The molecule has 6 nitrogen and oxygen atoms in total. The molecule has 172 valence electrons. The van der Waals surface area contributed by atoms with Crippen LogP contribution in [0.4, 0.5) is 17.6 Å². The highest BCUT2D eigenvalue weighted by Crippen LogP contribution is 2.21. The average Bonchev–Trinajstić information content (AvgIpc) is 2.67. The molecule has 1 aliphatic heterocycles. The van der Waals surface area contributed by atoms with Gasteiger partial charge < -0.3 is 15.4 Å². The van der Waals surface area contributed by atoms with Gasteiger partial charge in [-0.3, -0.25) is 14.8 Å². The van der Waals surface area contributed by atoms with E-state index in [0.29, 0.717) is 32.3 Å². The number of halogens is 5. The number of ether oxygens (including phenoxy) is 1. The minimum Gasteiger partial charge on any atom is -0.379 e. The number of nitrogens with one attached hydrogen (secondary N) is 2. The first-order valence-corrected chi connectivity index (χ1v) is 9.55. The molecular formula is C19H30F4IN5O. The Morgan fingerprint density at radius 3 is 2.40 bits per heavy atom. The highest BCUT2D eigenvalue weighted by molar-refractivity contribution is 14.0. The lowest BCUT2D eigenvalue weighted by atomic mass is 10.0. The van der Waals surface area contributed by atoms with Crippen molar-refractivity contribution in [3.05, 3.63) is 35.6 Å². The molecule has 1 unspecified atom stereocenters. The first-order valence-electron chi connectivity index (χ1n) is 9.55. The molecule has 0 aliphatic carbocycles. The van der Waals surface area contributed by atoms with Crippen LogP contribution in [0, 0.1) is 5.82 Å². The second-order valence-corrected chi connectivity index (χ2v) is 6.95. The number of hydrogen-bond acceptors (Lipinski definition) is 4. The van der Waals surface area contributed by atoms with Crippen molar-refractivity contribution in [3.63, 3.8) is 0 Å². The number of aliphatic imine (C=N–C) groups is 1. The fourth-order valence-corrected chi connectivity index (χ4v) is 3.20. The van der Waals surface area contributed by atoms with Gasteiger partial charge in [0.25, 0.3) is 0 Å². The molecule has 2 N–H and O–H groups in total. The van der Waals surface area contributed by atoms with Gasteiger partial charge >= 0.3 is 6.18 Å². The van der Waals surface area contributed by atoms with Crippen LogP contribution in [0.15, 0.2) is 29.3 Å². The summed E-state index contributed by atoms with van der Waals surface area (Å²) in [7, 11) is 3.03. The van der Waals surface area contributed by atoms with Gasteiger partial charge in [-0.15, -0.1) is 24.0 Å². The van der Waals surface area contributed by atoms with Crippen LogP contribution >= 0.6 is 24.0 Å². The van der Waals surface area contributed by atoms with Crippen LogP contribution in [0.2, 0.25) is 0 Å². The number of guanidine groups is 1. The van der Waals surface area contributed by atoms with Crippen LogP contribution in [0.3, 0.4) is 0 Å². The lowest BCUT2D eigenvalue weighted by Gasteiger charge is -2.35. The van der Waals surface area contributed by atoms with E-state index in [-0.39, 0.29) is 42.4 Å². The third-order valence-electron chi connectivity index (χ3n) is 4.66. The van der Waals surface area contributed by atoms with E-state index in [0.717, 1.165) is 18.7 Å². The summed E-state index contributed by atoms with van der Waals surface area (Å²) in [6, 6.07) is 6.39. The highest BCUT2D eigenvalue weighted by atomic mass is 127. The molecule has 2 rings (SSSR count). The van der Waals surface area contributed by atoms with Crippen LogP contribution in [0.25, 0.3) is 0 Å². The van der Waals surface area contributed by atoms with Crippen molar-refractivity contribution in [3.8, 4) is 0 Å². The van der Waals surface area contributed by atoms with Crippen molar-refractivity contribution in [2.75, 3.05) is 66.6 Å². The molecule has 1 fully saturated rings. The first-order chi connectivity index (χ1) is 13.8. The third kappa shape index (κ3) is 9.75. The van der Waals surface area contributed by atoms with Crippen molar-refractivity contribution in [2.45, 2.75) is 12.2 Å². The summed E-state index contributed by atoms with van der Waals surface area (Å²) < 4.78 is 55.9. The van der Waals surface area contributed by atoms with Gasteiger partial charge in [-0.2, -0.15) is 13.2 Å². The van der Waals surface area contributed by atoms with Gasteiger partial charge in [-0.1, -0.05) is 12.1 Å². The van der Waals surface area contributed by atoms with E-state index in [1.54, 1.807) is 19.2 Å². The summed E-state index contributed by atoms with van der Waals surface area (Å²) in [6.07, 6.45) is -4.21. The van der Waals surface area contributed by atoms with E-state index in [1.165, 1.54) is 24.1 Å². The summed E-state index contributed by atoms with van der Waals surface area (Å²) in [6.45, 7) is 2.91. The molecule has 1 aliphatic rings. The summed E-state index contributed by atoms with van der Waals surface area (Å²) in [5.74, 6) is 0.216. The van der Waals surface area contributed by atoms with Gasteiger partial charge in [0.05, 0.1) is 25.8 Å². The topological polar surface area (TPSA) is 52.1 Å². The van der Waals surface area contributed by atoms with Crippen molar-refractivity contribution in [1.29, 1.82) is 0 Å². The van der Waals surface area contributed by atoms with Gasteiger partial charge in [-0.05, 0) is 24.7 Å². The fraction of sp³-hybridized carbons (Fsp3) is 0.632. The molecule has 1 aromatic carbocycles.